The van der Waals surface area contributed by atoms with Crippen LogP contribution in [0.3, 0.4) is 0 Å². The van der Waals surface area contributed by atoms with Crippen LogP contribution in [0.15, 0.2) is 65.1 Å². The molecule has 3 aromatic carbocycles. The molecule has 18 heavy (non-hydrogen) atoms. The molecular weight excluding hydrogens is 284 g/mol. The molecule has 0 radical (unpaired) electrons. The van der Waals surface area contributed by atoms with Crippen LogP contribution in [-0.4, -0.2) is 0 Å². The molecule has 0 saturated heterocycles. The molecule has 0 unspecified atom stereocenters. The lowest BCUT2D eigenvalue weighted by Gasteiger charge is -2.11. The Balaban J connectivity index is 2.37. The minimum absolute atomic E-state index is 1.12. The van der Waals surface area contributed by atoms with Crippen molar-refractivity contribution < 1.29 is 0 Å². The highest BCUT2D eigenvalue weighted by molar-refractivity contribution is 9.10. The van der Waals surface area contributed by atoms with E-state index in [1.165, 1.54) is 27.5 Å². The fourth-order valence-corrected chi connectivity index (χ4v) is 2.78. The van der Waals surface area contributed by atoms with Crippen molar-refractivity contribution in [1.29, 1.82) is 0 Å². The summed E-state index contributed by atoms with van der Waals surface area (Å²) in [5, 5.41) is 2.58. The Kier molecular flexibility index (Phi) is 2.92. The third-order valence-corrected chi connectivity index (χ3v) is 3.75. The molecule has 0 bridgehead atoms. The second-order valence-corrected chi connectivity index (χ2v) is 5.40. The molecule has 0 aliphatic rings. The molecule has 3 aromatic rings. The minimum Gasteiger partial charge on any atom is -0.0622 e. The van der Waals surface area contributed by atoms with Gasteiger partial charge in [-0.1, -0.05) is 64.5 Å². The quantitative estimate of drug-likeness (QED) is 0.550. The highest BCUT2D eigenvalue weighted by Crippen LogP contribution is 2.33. The monoisotopic (exact) mass is 296 g/mol. The molecule has 0 aromatic heterocycles. The van der Waals surface area contributed by atoms with Crippen molar-refractivity contribution in [3.05, 3.63) is 70.7 Å². The second kappa shape index (κ2) is 4.58. The average Bonchev–Trinajstić information content (AvgIpc) is 2.40. The van der Waals surface area contributed by atoms with Gasteiger partial charge in [0.2, 0.25) is 0 Å². The van der Waals surface area contributed by atoms with Crippen molar-refractivity contribution in [3.63, 3.8) is 0 Å². The van der Waals surface area contributed by atoms with E-state index < -0.39 is 0 Å². The summed E-state index contributed by atoms with van der Waals surface area (Å²) in [6.45, 7) is 2.17. The van der Waals surface area contributed by atoms with E-state index in [2.05, 4.69) is 83.5 Å². The Morgan fingerprint density at radius 1 is 0.833 bits per heavy atom. The number of rotatable bonds is 1. The number of hydrogen-bond acceptors (Lipinski definition) is 0. The molecule has 0 aliphatic heterocycles. The van der Waals surface area contributed by atoms with Crippen LogP contribution in [0.25, 0.3) is 21.9 Å². The van der Waals surface area contributed by atoms with E-state index in [1.807, 2.05) is 0 Å². The van der Waals surface area contributed by atoms with Gasteiger partial charge in [0.25, 0.3) is 0 Å². The molecule has 3 rings (SSSR count). The van der Waals surface area contributed by atoms with Crippen molar-refractivity contribution >= 4 is 26.7 Å². The van der Waals surface area contributed by atoms with Crippen LogP contribution in [0.2, 0.25) is 0 Å². The molecular formula is C17H13Br. The van der Waals surface area contributed by atoms with Gasteiger partial charge >= 0.3 is 0 Å². The van der Waals surface area contributed by atoms with E-state index in [9.17, 15) is 0 Å². The van der Waals surface area contributed by atoms with Gasteiger partial charge in [-0.25, -0.2) is 0 Å². The molecule has 0 atom stereocenters. The summed E-state index contributed by atoms with van der Waals surface area (Å²) in [7, 11) is 0. The van der Waals surface area contributed by atoms with Crippen LogP contribution in [0.1, 0.15) is 5.56 Å². The summed E-state index contributed by atoms with van der Waals surface area (Å²) in [5.74, 6) is 0. The van der Waals surface area contributed by atoms with Crippen LogP contribution in [0, 0.1) is 6.92 Å². The molecule has 0 nitrogen and oxygen atoms in total. The summed E-state index contributed by atoms with van der Waals surface area (Å²) in [6, 6.07) is 21.4. The van der Waals surface area contributed by atoms with E-state index in [0.29, 0.717) is 0 Å². The Morgan fingerprint density at radius 2 is 1.61 bits per heavy atom. The standard InChI is InChI=1S/C17H13Br/c1-12-7-8-14-11-15(18)9-10-16(14)17(12)13-5-3-2-4-6-13/h2-11H,1H3. The maximum atomic E-state index is 3.53. The molecule has 0 aliphatic carbocycles. The summed E-state index contributed by atoms with van der Waals surface area (Å²) in [5.41, 5.74) is 3.93. The Morgan fingerprint density at radius 3 is 2.39 bits per heavy atom. The molecule has 1 heteroatoms. The van der Waals surface area contributed by atoms with Gasteiger partial charge in [-0.2, -0.15) is 0 Å². The SMILES string of the molecule is Cc1ccc2cc(Br)ccc2c1-c1ccccc1. The molecule has 0 fully saturated rings. The third kappa shape index (κ3) is 1.95. The number of hydrogen-bond donors (Lipinski definition) is 0. The van der Waals surface area contributed by atoms with Crippen LogP contribution >= 0.6 is 15.9 Å². The fraction of sp³-hybridized carbons (Fsp3) is 0.0588. The van der Waals surface area contributed by atoms with Gasteiger partial charge in [-0.3, -0.25) is 0 Å². The van der Waals surface area contributed by atoms with Gasteiger partial charge in [0.1, 0.15) is 0 Å². The first-order valence-electron chi connectivity index (χ1n) is 6.00. The molecule has 0 N–H and O–H groups in total. The number of benzene rings is 3. The maximum Gasteiger partial charge on any atom is 0.0181 e. The van der Waals surface area contributed by atoms with E-state index in [4.69, 9.17) is 0 Å². The van der Waals surface area contributed by atoms with E-state index in [1.54, 1.807) is 0 Å². The second-order valence-electron chi connectivity index (χ2n) is 4.49. The van der Waals surface area contributed by atoms with Gasteiger partial charge in [0.15, 0.2) is 0 Å². The Labute approximate surface area is 115 Å². The Hall–Kier alpha value is -1.60. The lowest BCUT2D eigenvalue weighted by Crippen LogP contribution is -1.86. The molecule has 88 valence electrons. The zero-order valence-electron chi connectivity index (χ0n) is 10.2. The number of halogens is 1. The van der Waals surface area contributed by atoms with Crippen LogP contribution in [-0.2, 0) is 0 Å². The zero-order chi connectivity index (χ0) is 12.5. The van der Waals surface area contributed by atoms with Crippen molar-refractivity contribution in [1.82, 2.24) is 0 Å². The molecule has 0 spiro atoms. The summed E-state index contributed by atoms with van der Waals surface area (Å²) >= 11 is 3.53. The minimum atomic E-state index is 1.12. The van der Waals surface area contributed by atoms with Crippen molar-refractivity contribution in [2.45, 2.75) is 6.92 Å². The smallest absolute Gasteiger partial charge is 0.0181 e. The summed E-state index contributed by atoms with van der Waals surface area (Å²) in [6.07, 6.45) is 0. The highest BCUT2D eigenvalue weighted by Gasteiger charge is 2.07. The lowest BCUT2D eigenvalue weighted by atomic mass is 9.94. The predicted molar refractivity (Wildman–Crippen MR) is 81.8 cm³/mol. The van der Waals surface area contributed by atoms with Gasteiger partial charge in [-0.15, -0.1) is 0 Å². The first kappa shape index (κ1) is 11.5. The average molecular weight is 297 g/mol. The lowest BCUT2D eigenvalue weighted by molar-refractivity contribution is 1.48. The predicted octanol–water partition coefficient (Wildman–Crippen LogP) is 5.58. The normalized spacial score (nSPS) is 10.8. The molecule has 0 heterocycles. The van der Waals surface area contributed by atoms with Crippen molar-refractivity contribution in [2.75, 3.05) is 0 Å². The third-order valence-electron chi connectivity index (χ3n) is 3.25. The van der Waals surface area contributed by atoms with E-state index >= 15 is 0 Å². The maximum absolute atomic E-state index is 3.53. The highest BCUT2D eigenvalue weighted by atomic mass is 79.9. The van der Waals surface area contributed by atoms with E-state index in [0.717, 1.165) is 4.47 Å². The topological polar surface area (TPSA) is 0 Å². The van der Waals surface area contributed by atoms with Crippen LogP contribution in [0.5, 0.6) is 0 Å². The first-order chi connectivity index (χ1) is 8.75. The first-order valence-corrected chi connectivity index (χ1v) is 6.79. The summed E-state index contributed by atoms with van der Waals surface area (Å²) in [4.78, 5) is 0. The van der Waals surface area contributed by atoms with Gasteiger partial charge in [0, 0.05) is 4.47 Å². The van der Waals surface area contributed by atoms with Crippen LogP contribution in [0.4, 0.5) is 0 Å². The number of aryl methyl sites for hydroxylation is 1. The fourth-order valence-electron chi connectivity index (χ4n) is 2.40. The Bertz CT molecular complexity index is 699. The van der Waals surface area contributed by atoms with Gasteiger partial charge in [0.05, 0.1) is 0 Å². The van der Waals surface area contributed by atoms with Gasteiger partial charge < -0.3 is 0 Å². The molecule has 0 saturated carbocycles. The number of fused-ring (bicyclic) bond motifs is 1. The van der Waals surface area contributed by atoms with Crippen molar-refractivity contribution in [3.8, 4) is 11.1 Å². The summed E-state index contributed by atoms with van der Waals surface area (Å²) < 4.78 is 1.12. The molecule has 0 amide bonds. The van der Waals surface area contributed by atoms with Crippen molar-refractivity contribution in [2.24, 2.45) is 0 Å². The largest absolute Gasteiger partial charge is 0.0622 e. The van der Waals surface area contributed by atoms with Gasteiger partial charge in [-0.05, 0) is 46.5 Å². The zero-order valence-corrected chi connectivity index (χ0v) is 11.7. The van der Waals surface area contributed by atoms with Crippen LogP contribution < -0.4 is 0 Å². The van der Waals surface area contributed by atoms with E-state index in [-0.39, 0.29) is 0 Å².